The summed E-state index contributed by atoms with van der Waals surface area (Å²) in [7, 11) is -1.97. The molecule has 2 heterocycles. The molecule has 146 valence electrons. The van der Waals surface area contributed by atoms with Gasteiger partial charge in [-0.25, -0.2) is 13.1 Å². The van der Waals surface area contributed by atoms with Crippen LogP contribution in [0.3, 0.4) is 0 Å². The van der Waals surface area contributed by atoms with Crippen LogP contribution in [-0.4, -0.2) is 36.9 Å². The quantitative estimate of drug-likeness (QED) is 0.855. The molecule has 0 saturated carbocycles. The minimum absolute atomic E-state index is 0.0968. The van der Waals surface area contributed by atoms with Gasteiger partial charge in [-0.05, 0) is 44.7 Å². The number of benzene rings is 1. The molecule has 0 unspecified atom stereocenters. The summed E-state index contributed by atoms with van der Waals surface area (Å²) in [5.41, 5.74) is 2.96. The third-order valence-corrected chi connectivity index (χ3v) is 6.71. The van der Waals surface area contributed by atoms with Gasteiger partial charge in [-0.1, -0.05) is 29.8 Å². The lowest BCUT2D eigenvalue weighted by atomic mass is 10.1. The van der Waals surface area contributed by atoms with Crippen molar-refractivity contribution in [3.63, 3.8) is 0 Å². The Balaban J connectivity index is 1.82. The fourth-order valence-electron chi connectivity index (χ4n) is 3.49. The number of hydrogen-bond acceptors (Lipinski definition) is 3. The van der Waals surface area contributed by atoms with Crippen LogP contribution in [0.5, 0.6) is 0 Å². The molecule has 1 saturated heterocycles. The molecular weight excluding hydrogens is 362 g/mol. The Labute approximate surface area is 161 Å². The Hall–Kier alpha value is -2.12. The van der Waals surface area contributed by atoms with Gasteiger partial charge in [0.1, 0.15) is 10.6 Å². The van der Waals surface area contributed by atoms with Crippen molar-refractivity contribution in [2.45, 2.75) is 44.6 Å². The van der Waals surface area contributed by atoms with E-state index < -0.39 is 10.0 Å². The zero-order chi connectivity index (χ0) is 19.6. The molecule has 6 nitrogen and oxygen atoms in total. The second-order valence-electron chi connectivity index (χ2n) is 7.20. The number of amides is 1. The summed E-state index contributed by atoms with van der Waals surface area (Å²) in [4.78, 5) is 14.8. The van der Waals surface area contributed by atoms with Crippen molar-refractivity contribution >= 4 is 15.9 Å². The molecule has 1 aliphatic heterocycles. The molecule has 1 fully saturated rings. The molecule has 0 atom stereocenters. The van der Waals surface area contributed by atoms with Gasteiger partial charge in [0.25, 0.3) is 5.91 Å². The summed E-state index contributed by atoms with van der Waals surface area (Å²) in [6, 6.07) is 9.22. The lowest BCUT2D eigenvalue weighted by molar-refractivity contribution is 0.0714. The third kappa shape index (κ3) is 4.25. The summed E-state index contributed by atoms with van der Waals surface area (Å²) in [5, 5.41) is 0. The van der Waals surface area contributed by atoms with Gasteiger partial charge in [-0.3, -0.25) is 4.79 Å². The van der Waals surface area contributed by atoms with Gasteiger partial charge >= 0.3 is 0 Å². The van der Waals surface area contributed by atoms with Crippen molar-refractivity contribution in [2.75, 3.05) is 13.1 Å². The number of carbonyl (C=O) groups is 1. The minimum atomic E-state index is -3.71. The Morgan fingerprint density at radius 3 is 2.48 bits per heavy atom. The van der Waals surface area contributed by atoms with Gasteiger partial charge < -0.3 is 9.47 Å². The Bertz CT molecular complexity index is 941. The number of likely N-dealkylation sites (tertiary alicyclic amines) is 1. The monoisotopic (exact) mass is 389 g/mol. The maximum atomic E-state index is 12.8. The summed E-state index contributed by atoms with van der Waals surface area (Å²) >= 11 is 0. The summed E-state index contributed by atoms with van der Waals surface area (Å²) in [5.74, 6) is -0.0968. The van der Waals surface area contributed by atoms with Gasteiger partial charge in [0.15, 0.2) is 0 Å². The summed E-state index contributed by atoms with van der Waals surface area (Å²) < 4.78 is 30.0. The van der Waals surface area contributed by atoms with Crippen LogP contribution in [0.1, 0.15) is 46.6 Å². The molecular formula is C20H27N3O3S. The first kappa shape index (κ1) is 19.6. The average molecular weight is 390 g/mol. The summed E-state index contributed by atoms with van der Waals surface area (Å²) in [6.07, 6.45) is 3.13. The number of hydrogen-bond donors (Lipinski definition) is 1. The second-order valence-corrected chi connectivity index (χ2v) is 8.94. The van der Waals surface area contributed by atoms with E-state index in [0.29, 0.717) is 11.4 Å². The van der Waals surface area contributed by atoms with Gasteiger partial charge in [-0.2, -0.15) is 0 Å². The molecule has 0 aliphatic carbocycles. The van der Waals surface area contributed by atoms with Crippen molar-refractivity contribution in [1.29, 1.82) is 0 Å². The Morgan fingerprint density at radius 2 is 1.81 bits per heavy atom. The number of rotatable bonds is 5. The van der Waals surface area contributed by atoms with Crippen molar-refractivity contribution in [1.82, 2.24) is 14.2 Å². The predicted octanol–water partition coefficient (Wildman–Crippen LogP) is 2.75. The van der Waals surface area contributed by atoms with Crippen LogP contribution < -0.4 is 4.72 Å². The maximum Gasteiger partial charge on any atom is 0.270 e. The van der Waals surface area contributed by atoms with E-state index in [2.05, 4.69) is 4.72 Å². The molecule has 1 N–H and O–H groups in total. The predicted molar refractivity (Wildman–Crippen MR) is 105 cm³/mol. The van der Waals surface area contributed by atoms with Gasteiger partial charge in [0, 0.05) is 32.4 Å². The lowest BCUT2D eigenvalue weighted by Gasteiger charge is -2.26. The van der Waals surface area contributed by atoms with Crippen molar-refractivity contribution in [3.8, 4) is 0 Å². The fourth-order valence-corrected chi connectivity index (χ4v) is 4.79. The fraction of sp³-hybridized carbons (Fsp3) is 0.450. The highest BCUT2D eigenvalue weighted by Gasteiger charge is 2.27. The van der Waals surface area contributed by atoms with Crippen molar-refractivity contribution in [2.24, 2.45) is 7.05 Å². The standard InChI is InChI=1S/C20H27N3O3S/c1-15-8-7-9-17(12-15)14-21-27(25,26)19-13-18(22(3)16(19)2)20(24)23-10-5-4-6-11-23/h7-9,12-13,21H,4-6,10-11,14H2,1-3H3. The van der Waals surface area contributed by atoms with E-state index in [1.54, 1.807) is 18.5 Å². The first-order chi connectivity index (χ1) is 12.8. The first-order valence-electron chi connectivity index (χ1n) is 9.30. The minimum Gasteiger partial charge on any atom is -0.343 e. The highest BCUT2D eigenvalue weighted by molar-refractivity contribution is 7.89. The van der Waals surface area contributed by atoms with E-state index in [0.717, 1.165) is 43.5 Å². The highest BCUT2D eigenvalue weighted by Crippen LogP contribution is 2.22. The smallest absolute Gasteiger partial charge is 0.270 e. The molecule has 1 aromatic carbocycles. The van der Waals surface area contributed by atoms with Crippen LogP contribution >= 0.6 is 0 Å². The number of piperidine rings is 1. The molecule has 1 aliphatic rings. The molecule has 0 bridgehead atoms. The van der Waals surface area contributed by atoms with Crippen LogP contribution in [-0.2, 0) is 23.6 Å². The lowest BCUT2D eigenvalue weighted by Crippen LogP contribution is -2.36. The van der Waals surface area contributed by atoms with E-state index in [-0.39, 0.29) is 17.3 Å². The number of nitrogens with one attached hydrogen (secondary N) is 1. The zero-order valence-corrected chi connectivity index (χ0v) is 17.0. The van der Waals surface area contributed by atoms with Crippen molar-refractivity contribution in [3.05, 3.63) is 52.8 Å². The molecule has 7 heteroatoms. The van der Waals surface area contributed by atoms with E-state index in [1.807, 2.05) is 36.1 Å². The largest absolute Gasteiger partial charge is 0.343 e. The first-order valence-corrected chi connectivity index (χ1v) is 10.8. The Kier molecular flexibility index (Phi) is 5.72. The van der Waals surface area contributed by atoms with Crippen LogP contribution in [0.4, 0.5) is 0 Å². The van der Waals surface area contributed by atoms with Crippen LogP contribution in [0.2, 0.25) is 0 Å². The third-order valence-electron chi connectivity index (χ3n) is 5.19. The number of nitrogens with zero attached hydrogens (tertiary/aromatic N) is 2. The molecule has 3 rings (SSSR count). The second kappa shape index (κ2) is 7.86. The van der Waals surface area contributed by atoms with Crippen molar-refractivity contribution < 1.29 is 13.2 Å². The van der Waals surface area contributed by atoms with E-state index in [4.69, 9.17) is 0 Å². The highest BCUT2D eigenvalue weighted by atomic mass is 32.2. The van der Waals surface area contributed by atoms with Gasteiger partial charge in [0.2, 0.25) is 10.0 Å². The van der Waals surface area contributed by atoms with E-state index in [9.17, 15) is 13.2 Å². The molecule has 0 spiro atoms. The molecule has 0 radical (unpaired) electrons. The molecule has 1 amide bonds. The summed E-state index contributed by atoms with van der Waals surface area (Å²) in [6.45, 7) is 5.38. The SMILES string of the molecule is Cc1cccc(CNS(=O)(=O)c2cc(C(=O)N3CCCCC3)n(C)c2C)c1. The topological polar surface area (TPSA) is 71.4 Å². The van der Waals surface area contributed by atoms with Gasteiger partial charge in [0.05, 0.1) is 0 Å². The maximum absolute atomic E-state index is 12.8. The zero-order valence-electron chi connectivity index (χ0n) is 16.2. The van der Waals surface area contributed by atoms with Crippen LogP contribution in [0.15, 0.2) is 35.2 Å². The number of aromatic nitrogens is 1. The number of aryl methyl sites for hydroxylation is 1. The Morgan fingerprint density at radius 1 is 1.11 bits per heavy atom. The van der Waals surface area contributed by atoms with E-state index in [1.165, 1.54) is 6.07 Å². The molecule has 2 aromatic rings. The number of sulfonamides is 1. The normalized spacial score (nSPS) is 15.1. The van der Waals surface area contributed by atoms with Crippen LogP contribution in [0, 0.1) is 13.8 Å². The average Bonchev–Trinajstić information content (AvgIpc) is 2.96. The van der Waals surface area contributed by atoms with Gasteiger partial charge in [-0.15, -0.1) is 0 Å². The molecule has 1 aromatic heterocycles. The van der Waals surface area contributed by atoms with Crippen LogP contribution in [0.25, 0.3) is 0 Å². The molecule has 27 heavy (non-hydrogen) atoms. The van der Waals surface area contributed by atoms with E-state index >= 15 is 0 Å². The number of carbonyl (C=O) groups excluding carboxylic acids is 1.